The van der Waals surface area contributed by atoms with Gasteiger partial charge in [-0.3, -0.25) is 0 Å². The molecular weight excluding hydrogens is 800 g/mol. The van der Waals surface area contributed by atoms with Gasteiger partial charge in [0.1, 0.15) is 0 Å². The highest BCUT2D eigenvalue weighted by Gasteiger charge is 2.39. The zero-order valence-electron chi connectivity index (χ0n) is 29.6. The summed E-state index contributed by atoms with van der Waals surface area (Å²) in [5, 5.41) is 20.0. The predicted molar refractivity (Wildman–Crippen MR) is 195 cm³/mol. The highest BCUT2D eigenvalue weighted by atomic mass is 19.4. The first-order chi connectivity index (χ1) is 27.6. The molecule has 0 bridgehead atoms. The van der Waals surface area contributed by atoms with Crippen LogP contribution in [0.1, 0.15) is 45.9 Å². The molecular formula is C43H20F12N4. The number of fused-ring (bicyclic) bond motifs is 5. The first-order valence-corrected chi connectivity index (χ1v) is 17.0. The van der Waals surface area contributed by atoms with Crippen molar-refractivity contribution < 1.29 is 52.7 Å². The van der Waals surface area contributed by atoms with Crippen molar-refractivity contribution in [1.29, 1.82) is 10.5 Å². The molecule has 0 spiro atoms. The Bertz CT molecular complexity index is 2780. The first-order valence-electron chi connectivity index (χ1n) is 17.0. The van der Waals surface area contributed by atoms with Gasteiger partial charge in [0.2, 0.25) is 12.4 Å². The van der Waals surface area contributed by atoms with Crippen LogP contribution in [0, 0.1) is 22.9 Å². The Balaban J connectivity index is 1.42. The largest absolute Gasteiger partial charge is 0.416 e. The minimum absolute atomic E-state index is 0.0128. The summed E-state index contributed by atoms with van der Waals surface area (Å²) in [6.07, 6.45) is -16.9. The summed E-state index contributed by atoms with van der Waals surface area (Å²) in [5.41, 5.74) is -3.62. The molecule has 0 radical (unpaired) electrons. The summed E-state index contributed by atoms with van der Waals surface area (Å²) in [6, 6.07) is 18.7. The lowest BCUT2D eigenvalue weighted by Crippen LogP contribution is -2.11. The minimum Gasteiger partial charge on any atom is -0.178 e. The van der Waals surface area contributed by atoms with Crippen LogP contribution in [0.15, 0.2) is 113 Å². The minimum atomic E-state index is -5.10. The Kier molecular flexibility index (Phi) is 9.66. The van der Waals surface area contributed by atoms with Crippen LogP contribution in [0.5, 0.6) is 0 Å². The van der Waals surface area contributed by atoms with Crippen LogP contribution in [-0.4, -0.2) is 11.4 Å². The Morgan fingerprint density at radius 1 is 0.441 bits per heavy atom. The van der Waals surface area contributed by atoms with Gasteiger partial charge in [0, 0.05) is 16.7 Å². The van der Waals surface area contributed by atoms with Crippen molar-refractivity contribution in [3.05, 3.63) is 142 Å². The van der Waals surface area contributed by atoms with Crippen molar-refractivity contribution in [2.24, 2.45) is 9.98 Å². The standard InChI is InChI=1S/C43H20F12N4/c1-21(58-19-56)31-8-9-33-32(37(31)23-4-2-22(3-5-23)25-12-27(40(44,45)46)17-28(13-25)41(47,48)49)10-11-35-38(33)34-7-6-24(16-36(34)39(35)59-20-57)26-14-29(42(50,51)52)18-30(15-26)43(53,54)55/h2-18H,1H3. The quantitative estimate of drug-likeness (QED) is 0.101. The molecule has 7 rings (SSSR count). The van der Waals surface area contributed by atoms with E-state index in [9.17, 15) is 63.2 Å². The summed E-state index contributed by atoms with van der Waals surface area (Å²) < 4.78 is 164. The van der Waals surface area contributed by atoms with E-state index in [1.54, 1.807) is 43.6 Å². The molecule has 296 valence electrons. The van der Waals surface area contributed by atoms with E-state index in [2.05, 4.69) is 9.98 Å². The summed E-state index contributed by atoms with van der Waals surface area (Å²) in [6.45, 7) is 1.55. The van der Waals surface area contributed by atoms with E-state index in [0.717, 1.165) is 0 Å². The summed E-state index contributed by atoms with van der Waals surface area (Å²) >= 11 is 0. The summed E-state index contributed by atoms with van der Waals surface area (Å²) in [5.74, 6) is 0. The molecule has 0 N–H and O–H groups in total. The zero-order chi connectivity index (χ0) is 42.8. The maximum atomic E-state index is 13.7. The number of rotatable bonds is 4. The van der Waals surface area contributed by atoms with E-state index in [1.807, 2.05) is 0 Å². The van der Waals surface area contributed by atoms with Crippen molar-refractivity contribution in [3.8, 4) is 56.9 Å². The maximum Gasteiger partial charge on any atom is 0.416 e. The summed E-state index contributed by atoms with van der Waals surface area (Å²) in [4.78, 5) is 7.82. The second kappa shape index (κ2) is 14.2. The number of aliphatic imine (C=N–C) groups is 2. The number of halogens is 12. The average Bonchev–Trinajstić information content (AvgIpc) is 3.48. The Hall–Kier alpha value is -6.94. The fraction of sp³-hybridized carbons (Fsp3) is 0.116. The van der Waals surface area contributed by atoms with Crippen LogP contribution < -0.4 is 0 Å². The smallest absolute Gasteiger partial charge is 0.178 e. The van der Waals surface area contributed by atoms with Crippen molar-refractivity contribution in [3.63, 3.8) is 0 Å². The number of hydrogen-bond donors (Lipinski definition) is 0. The van der Waals surface area contributed by atoms with E-state index in [1.165, 1.54) is 42.5 Å². The fourth-order valence-corrected chi connectivity index (χ4v) is 7.17. The van der Waals surface area contributed by atoms with Gasteiger partial charge in [-0.1, -0.05) is 60.7 Å². The highest BCUT2D eigenvalue weighted by Crippen LogP contribution is 2.47. The molecule has 0 saturated heterocycles. The van der Waals surface area contributed by atoms with Gasteiger partial charge < -0.3 is 0 Å². The van der Waals surface area contributed by atoms with E-state index < -0.39 is 52.5 Å². The molecule has 59 heavy (non-hydrogen) atoms. The molecule has 0 unspecified atom stereocenters. The summed E-state index contributed by atoms with van der Waals surface area (Å²) in [7, 11) is 0. The fourth-order valence-electron chi connectivity index (χ4n) is 7.17. The monoisotopic (exact) mass is 820 g/mol. The SMILES string of the molecule is CC(=NC#N)c1ccc2c3c(ccc2c1-c1ccc(-c2cc(C(F)(F)F)cc(C(F)(F)F)c2)cc1)C(=NC#N)c1cc(-c2cc(C(F)(F)F)cc(C(F)(F)F)c2)ccc1-3. The second-order valence-corrected chi connectivity index (χ2v) is 13.4. The van der Waals surface area contributed by atoms with Gasteiger partial charge >= 0.3 is 24.7 Å². The van der Waals surface area contributed by atoms with Crippen LogP contribution in [0.25, 0.3) is 55.3 Å². The average molecular weight is 821 g/mol. The molecule has 0 aromatic heterocycles. The lowest BCUT2D eigenvalue weighted by Gasteiger charge is -2.17. The number of hydrogen-bond acceptors (Lipinski definition) is 4. The van der Waals surface area contributed by atoms with E-state index in [0.29, 0.717) is 68.4 Å². The van der Waals surface area contributed by atoms with Gasteiger partial charge in [-0.2, -0.15) is 73.2 Å². The van der Waals surface area contributed by atoms with Crippen LogP contribution in [-0.2, 0) is 24.7 Å². The van der Waals surface area contributed by atoms with Crippen LogP contribution in [0.3, 0.4) is 0 Å². The van der Waals surface area contributed by atoms with Gasteiger partial charge in [0.05, 0.1) is 33.7 Å². The molecule has 6 aromatic rings. The normalized spacial score (nSPS) is 13.9. The number of nitrogens with zero attached hydrogens (tertiary/aromatic N) is 4. The molecule has 4 nitrogen and oxygen atoms in total. The predicted octanol–water partition coefficient (Wildman–Crippen LogP) is 13.5. The molecule has 0 fully saturated rings. The van der Waals surface area contributed by atoms with Gasteiger partial charge in [-0.15, -0.1) is 0 Å². The van der Waals surface area contributed by atoms with Gasteiger partial charge in [0.25, 0.3) is 0 Å². The van der Waals surface area contributed by atoms with Gasteiger partial charge in [0.15, 0.2) is 0 Å². The van der Waals surface area contributed by atoms with Crippen molar-refractivity contribution in [2.45, 2.75) is 31.6 Å². The number of benzene rings is 6. The van der Waals surface area contributed by atoms with Crippen molar-refractivity contribution >= 4 is 22.2 Å². The molecule has 1 aliphatic rings. The molecule has 6 aromatic carbocycles. The molecule has 0 atom stereocenters. The molecule has 0 saturated carbocycles. The Labute approximate surface area is 325 Å². The van der Waals surface area contributed by atoms with Crippen LogP contribution >= 0.6 is 0 Å². The second-order valence-electron chi connectivity index (χ2n) is 13.4. The molecule has 0 heterocycles. The Morgan fingerprint density at radius 2 is 0.881 bits per heavy atom. The van der Waals surface area contributed by atoms with Gasteiger partial charge in [-0.05, 0) is 105 Å². The lowest BCUT2D eigenvalue weighted by molar-refractivity contribution is -0.144. The topological polar surface area (TPSA) is 72.3 Å². The van der Waals surface area contributed by atoms with Crippen molar-refractivity contribution in [1.82, 2.24) is 0 Å². The number of nitriles is 2. The zero-order valence-corrected chi connectivity index (χ0v) is 29.6. The van der Waals surface area contributed by atoms with Crippen LogP contribution in [0.4, 0.5) is 52.7 Å². The molecule has 0 amide bonds. The number of alkyl halides is 12. The third-order valence-electron chi connectivity index (χ3n) is 9.78. The van der Waals surface area contributed by atoms with Crippen molar-refractivity contribution in [2.75, 3.05) is 0 Å². The lowest BCUT2D eigenvalue weighted by atomic mass is 9.87. The molecule has 1 aliphatic carbocycles. The third kappa shape index (κ3) is 7.49. The van der Waals surface area contributed by atoms with E-state index in [4.69, 9.17) is 0 Å². The van der Waals surface area contributed by atoms with E-state index in [-0.39, 0.29) is 45.8 Å². The first kappa shape index (κ1) is 40.3. The molecule has 16 heteroatoms. The highest BCUT2D eigenvalue weighted by molar-refractivity contribution is 6.30. The molecule has 0 aliphatic heterocycles. The maximum absolute atomic E-state index is 13.7. The van der Waals surface area contributed by atoms with Crippen LogP contribution in [0.2, 0.25) is 0 Å². The third-order valence-corrected chi connectivity index (χ3v) is 9.78. The Morgan fingerprint density at radius 3 is 1.37 bits per heavy atom. The van der Waals surface area contributed by atoms with E-state index >= 15 is 0 Å². The van der Waals surface area contributed by atoms with Gasteiger partial charge in [-0.25, -0.2) is 0 Å².